The number of carbonyl (C=O) groups excluding carboxylic acids is 1. The van der Waals surface area contributed by atoms with Gasteiger partial charge in [-0.05, 0) is 18.2 Å². The minimum absolute atomic E-state index is 0.0128. The number of benzene rings is 1. The van der Waals surface area contributed by atoms with E-state index in [0.717, 1.165) is 0 Å². The maximum absolute atomic E-state index is 11.4. The average Bonchev–Trinajstić information content (AvgIpc) is 2.27. The Kier molecular flexibility index (Phi) is 3.44. The number of carboxylic acid groups (broad SMARTS) is 1. The van der Waals surface area contributed by atoms with Crippen LogP contribution in [0.1, 0.15) is 34.1 Å². The van der Waals surface area contributed by atoms with Gasteiger partial charge in [-0.1, -0.05) is 6.92 Å². The summed E-state index contributed by atoms with van der Waals surface area (Å²) in [5, 5.41) is 8.92. The number of Topliss-reactive ketones (excluding diaryl/α,β-unsaturated/α-hetero) is 1. The largest absolute Gasteiger partial charge is 0.497 e. The Hall–Kier alpha value is -1.84. The summed E-state index contributed by atoms with van der Waals surface area (Å²) in [6, 6.07) is 4.41. The van der Waals surface area contributed by atoms with Gasteiger partial charge in [0.2, 0.25) is 0 Å². The molecule has 4 nitrogen and oxygen atoms in total. The smallest absolute Gasteiger partial charge is 0.336 e. The fraction of sp³-hybridized carbons (Fsp3) is 0.273. The highest BCUT2D eigenvalue weighted by molar-refractivity contribution is 6.05. The molecule has 0 aromatic heterocycles. The van der Waals surface area contributed by atoms with E-state index in [-0.39, 0.29) is 23.3 Å². The molecule has 4 heteroatoms. The van der Waals surface area contributed by atoms with Gasteiger partial charge < -0.3 is 9.84 Å². The highest BCUT2D eigenvalue weighted by atomic mass is 16.5. The molecule has 0 heterocycles. The molecule has 0 aliphatic heterocycles. The lowest BCUT2D eigenvalue weighted by Crippen LogP contribution is -2.08. The van der Waals surface area contributed by atoms with Crippen molar-refractivity contribution in [2.24, 2.45) is 0 Å². The van der Waals surface area contributed by atoms with Crippen LogP contribution in [0.2, 0.25) is 0 Å². The molecule has 0 amide bonds. The fourth-order valence-electron chi connectivity index (χ4n) is 1.26. The van der Waals surface area contributed by atoms with Crippen LogP contribution in [0.15, 0.2) is 18.2 Å². The lowest BCUT2D eigenvalue weighted by Gasteiger charge is -2.06. The summed E-state index contributed by atoms with van der Waals surface area (Å²) in [5.74, 6) is -0.874. The van der Waals surface area contributed by atoms with Crippen LogP contribution in [0.25, 0.3) is 0 Å². The lowest BCUT2D eigenvalue weighted by molar-refractivity contribution is 0.0691. The number of hydrogen-bond donors (Lipinski definition) is 1. The topological polar surface area (TPSA) is 63.6 Å². The van der Waals surface area contributed by atoms with E-state index < -0.39 is 5.97 Å². The predicted molar refractivity (Wildman–Crippen MR) is 54.6 cm³/mol. The summed E-state index contributed by atoms with van der Waals surface area (Å²) < 4.78 is 4.90. The van der Waals surface area contributed by atoms with Gasteiger partial charge in [-0.2, -0.15) is 0 Å². The Bertz CT molecular complexity index is 396. The first-order valence-electron chi connectivity index (χ1n) is 4.54. The molecule has 0 unspecified atom stereocenters. The Balaban J connectivity index is 3.27. The highest BCUT2D eigenvalue weighted by Crippen LogP contribution is 2.19. The van der Waals surface area contributed by atoms with Gasteiger partial charge in [0.15, 0.2) is 5.78 Å². The Morgan fingerprint density at radius 3 is 2.47 bits per heavy atom. The van der Waals surface area contributed by atoms with Crippen LogP contribution in [-0.4, -0.2) is 24.0 Å². The van der Waals surface area contributed by atoms with Crippen molar-refractivity contribution in [3.8, 4) is 5.75 Å². The number of methoxy groups -OCH3 is 1. The van der Waals surface area contributed by atoms with Gasteiger partial charge in [0.05, 0.1) is 12.7 Å². The summed E-state index contributed by atoms with van der Waals surface area (Å²) in [6.07, 6.45) is 0.284. The van der Waals surface area contributed by atoms with Crippen LogP contribution >= 0.6 is 0 Å². The average molecular weight is 208 g/mol. The molecule has 0 aliphatic carbocycles. The molecule has 1 N–H and O–H groups in total. The molecule has 0 atom stereocenters. The molecule has 0 aliphatic rings. The molecular weight excluding hydrogens is 196 g/mol. The quantitative estimate of drug-likeness (QED) is 0.768. The molecule has 0 spiro atoms. The van der Waals surface area contributed by atoms with Crippen molar-refractivity contribution in [1.29, 1.82) is 0 Å². The monoisotopic (exact) mass is 208 g/mol. The van der Waals surface area contributed by atoms with Gasteiger partial charge in [-0.15, -0.1) is 0 Å². The molecule has 0 fully saturated rings. The molecule has 1 aromatic rings. The van der Waals surface area contributed by atoms with Gasteiger partial charge in [-0.25, -0.2) is 4.79 Å². The number of aromatic carboxylic acids is 1. The van der Waals surface area contributed by atoms with Gasteiger partial charge in [0, 0.05) is 12.0 Å². The van der Waals surface area contributed by atoms with Crippen LogP contribution in [0.3, 0.4) is 0 Å². The first kappa shape index (κ1) is 11.2. The number of hydrogen-bond acceptors (Lipinski definition) is 3. The van der Waals surface area contributed by atoms with E-state index in [9.17, 15) is 9.59 Å². The third kappa shape index (κ3) is 2.34. The van der Waals surface area contributed by atoms with Crippen molar-refractivity contribution in [2.75, 3.05) is 7.11 Å². The van der Waals surface area contributed by atoms with Gasteiger partial charge in [0.1, 0.15) is 5.75 Å². The van der Waals surface area contributed by atoms with E-state index in [1.807, 2.05) is 0 Å². The number of carbonyl (C=O) groups is 2. The number of rotatable bonds is 4. The predicted octanol–water partition coefficient (Wildman–Crippen LogP) is 1.99. The van der Waals surface area contributed by atoms with Crippen LogP contribution in [0.4, 0.5) is 0 Å². The Labute approximate surface area is 87.5 Å². The Morgan fingerprint density at radius 1 is 1.33 bits per heavy atom. The molecule has 1 rings (SSSR count). The molecule has 0 bridgehead atoms. The summed E-state index contributed by atoms with van der Waals surface area (Å²) in [4.78, 5) is 22.3. The van der Waals surface area contributed by atoms with E-state index >= 15 is 0 Å². The zero-order valence-electron chi connectivity index (χ0n) is 8.61. The van der Waals surface area contributed by atoms with Crippen molar-refractivity contribution in [2.45, 2.75) is 13.3 Å². The second-order valence-electron chi connectivity index (χ2n) is 2.99. The van der Waals surface area contributed by atoms with E-state index in [1.54, 1.807) is 13.0 Å². The standard InChI is InChI=1S/C11H12O4/c1-3-10(12)8-5-4-7(15-2)6-9(8)11(13)14/h4-6H,3H2,1-2H3,(H,13,14). The zero-order chi connectivity index (χ0) is 11.4. The maximum Gasteiger partial charge on any atom is 0.336 e. The first-order chi connectivity index (χ1) is 7.10. The van der Waals surface area contributed by atoms with E-state index in [0.29, 0.717) is 5.75 Å². The molecule has 0 saturated carbocycles. The van der Waals surface area contributed by atoms with Crippen molar-refractivity contribution >= 4 is 11.8 Å². The molecule has 15 heavy (non-hydrogen) atoms. The number of carboxylic acids is 1. The SMILES string of the molecule is CCC(=O)c1ccc(OC)cc1C(=O)O. The van der Waals surface area contributed by atoms with Gasteiger partial charge in [0.25, 0.3) is 0 Å². The molecule has 0 radical (unpaired) electrons. The second-order valence-corrected chi connectivity index (χ2v) is 2.99. The number of ketones is 1. The van der Waals surface area contributed by atoms with Gasteiger partial charge in [-0.3, -0.25) is 4.79 Å². The maximum atomic E-state index is 11.4. The summed E-state index contributed by atoms with van der Waals surface area (Å²) in [7, 11) is 1.45. The van der Waals surface area contributed by atoms with Crippen LogP contribution in [-0.2, 0) is 0 Å². The zero-order valence-corrected chi connectivity index (χ0v) is 8.61. The van der Waals surface area contributed by atoms with Crippen molar-refractivity contribution < 1.29 is 19.4 Å². The van der Waals surface area contributed by atoms with Crippen LogP contribution < -0.4 is 4.74 Å². The summed E-state index contributed by atoms with van der Waals surface area (Å²) >= 11 is 0. The highest BCUT2D eigenvalue weighted by Gasteiger charge is 2.15. The summed E-state index contributed by atoms with van der Waals surface area (Å²) in [6.45, 7) is 1.69. The molecule has 0 saturated heterocycles. The van der Waals surface area contributed by atoms with E-state index in [4.69, 9.17) is 9.84 Å². The molecule has 80 valence electrons. The first-order valence-corrected chi connectivity index (χ1v) is 4.54. The minimum atomic E-state index is -1.12. The van der Waals surface area contributed by atoms with Crippen molar-refractivity contribution in [3.63, 3.8) is 0 Å². The lowest BCUT2D eigenvalue weighted by atomic mass is 10.0. The second kappa shape index (κ2) is 4.59. The fourth-order valence-corrected chi connectivity index (χ4v) is 1.26. The van der Waals surface area contributed by atoms with Crippen molar-refractivity contribution in [3.05, 3.63) is 29.3 Å². The van der Waals surface area contributed by atoms with Gasteiger partial charge >= 0.3 is 5.97 Å². The Morgan fingerprint density at radius 2 is 2.00 bits per heavy atom. The third-order valence-corrected chi connectivity index (χ3v) is 2.08. The van der Waals surface area contributed by atoms with Crippen LogP contribution in [0.5, 0.6) is 5.75 Å². The summed E-state index contributed by atoms with van der Waals surface area (Å²) in [5.41, 5.74) is 0.215. The normalized spacial score (nSPS) is 9.73. The minimum Gasteiger partial charge on any atom is -0.497 e. The van der Waals surface area contributed by atoms with E-state index in [2.05, 4.69) is 0 Å². The molecular formula is C11H12O4. The third-order valence-electron chi connectivity index (χ3n) is 2.08. The van der Waals surface area contributed by atoms with E-state index in [1.165, 1.54) is 19.2 Å². The number of ether oxygens (including phenoxy) is 1. The molecule has 1 aromatic carbocycles. The van der Waals surface area contributed by atoms with Crippen LogP contribution in [0, 0.1) is 0 Å². The van der Waals surface area contributed by atoms with Crippen molar-refractivity contribution in [1.82, 2.24) is 0 Å².